The van der Waals surface area contributed by atoms with Gasteiger partial charge in [-0.05, 0) is 37.5 Å². The van der Waals surface area contributed by atoms with E-state index in [1.165, 1.54) is 12.8 Å². The van der Waals surface area contributed by atoms with Crippen LogP contribution in [0.5, 0.6) is 0 Å². The molecular weight excluding hydrogens is 340 g/mol. The average molecular weight is 373 g/mol. The van der Waals surface area contributed by atoms with Crippen molar-refractivity contribution in [3.8, 4) is 0 Å². The second-order valence-corrected chi connectivity index (χ2v) is 7.76. The summed E-state index contributed by atoms with van der Waals surface area (Å²) in [6.45, 7) is 8.11. The van der Waals surface area contributed by atoms with E-state index in [0.29, 0.717) is 13.1 Å². The Kier molecular flexibility index (Phi) is 7.24. The van der Waals surface area contributed by atoms with Crippen molar-refractivity contribution >= 4 is 17.5 Å². The van der Waals surface area contributed by atoms with Crippen molar-refractivity contribution in [2.75, 3.05) is 57.7 Å². The Labute approximate surface area is 162 Å². The SMILES string of the molecule is Cc1cccc(NC(=O)CN2CCN(CC(=O)N3CCCCCC3)CC2)c1. The molecule has 2 aliphatic rings. The van der Waals surface area contributed by atoms with E-state index in [-0.39, 0.29) is 11.8 Å². The molecule has 2 fully saturated rings. The summed E-state index contributed by atoms with van der Waals surface area (Å²) in [5, 5.41) is 2.97. The lowest BCUT2D eigenvalue weighted by atomic mass is 10.2. The van der Waals surface area contributed by atoms with Gasteiger partial charge in [-0.25, -0.2) is 0 Å². The van der Waals surface area contributed by atoms with Crippen LogP contribution in [-0.2, 0) is 9.59 Å². The Hall–Kier alpha value is -1.92. The van der Waals surface area contributed by atoms with E-state index in [1.54, 1.807) is 0 Å². The minimum absolute atomic E-state index is 0.0229. The molecule has 1 N–H and O–H groups in total. The number of hydrogen-bond acceptors (Lipinski definition) is 4. The average Bonchev–Trinajstić information content (AvgIpc) is 2.93. The number of likely N-dealkylation sites (tertiary alicyclic amines) is 1. The monoisotopic (exact) mass is 372 g/mol. The van der Waals surface area contributed by atoms with Crippen molar-refractivity contribution < 1.29 is 9.59 Å². The van der Waals surface area contributed by atoms with Gasteiger partial charge in [0, 0.05) is 45.0 Å². The molecule has 2 saturated heterocycles. The maximum absolute atomic E-state index is 12.5. The third-order valence-electron chi connectivity index (χ3n) is 5.45. The normalized spacial score (nSPS) is 19.5. The number of rotatable bonds is 5. The predicted octanol–water partition coefficient (Wildman–Crippen LogP) is 1.95. The van der Waals surface area contributed by atoms with Crippen molar-refractivity contribution in [1.29, 1.82) is 0 Å². The highest BCUT2D eigenvalue weighted by atomic mass is 16.2. The van der Waals surface area contributed by atoms with Crippen molar-refractivity contribution in [3.05, 3.63) is 29.8 Å². The van der Waals surface area contributed by atoms with E-state index >= 15 is 0 Å². The molecule has 1 aromatic carbocycles. The molecule has 6 nitrogen and oxygen atoms in total. The number of nitrogens with zero attached hydrogens (tertiary/aromatic N) is 3. The molecule has 3 rings (SSSR count). The first-order valence-electron chi connectivity index (χ1n) is 10.2. The number of piperazine rings is 1. The highest BCUT2D eigenvalue weighted by molar-refractivity contribution is 5.92. The van der Waals surface area contributed by atoms with E-state index in [1.807, 2.05) is 36.1 Å². The summed E-state index contributed by atoms with van der Waals surface area (Å²) in [4.78, 5) is 31.2. The largest absolute Gasteiger partial charge is 0.342 e. The van der Waals surface area contributed by atoms with Gasteiger partial charge in [0.1, 0.15) is 0 Å². The number of carbonyl (C=O) groups excluding carboxylic acids is 2. The zero-order valence-electron chi connectivity index (χ0n) is 16.5. The van der Waals surface area contributed by atoms with Crippen LogP contribution in [-0.4, -0.2) is 78.9 Å². The van der Waals surface area contributed by atoms with Crippen molar-refractivity contribution in [2.24, 2.45) is 0 Å². The number of benzene rings is 1. The molecule has 0 unspecified atom stereocenters. The zero-order chi connectivity index (χ0) is 19.1. The van der Waals surface area contributed by atoms with Gasteiger partial charge in [0.05, 0.1) is 13.1 Å². The molecule has 0 bridgehead atoms. The van der Waals surface area contributed by atoms with Crippen LogP contribution < -0.4 is 5.32 Å². The first-order chi connectivity index (χ1) is 13.1. The molecule has 2 amide bonds. The van der Waals surface area contributed by atoms with Gasteiger partial charge in [-0.3, -0.25) is 19.4 Å². The molecule has 27 heavy (non-hydrogen) atoms. The summed E-state index contributed by atoms with van der Waals surface area (Å²) in [5.41, 5.74) is 1.98. The van der Waals surface area contributed by atoms with Gasteiger partial charge in [0.15, 0.2) is 0 Å². The Balaban J connectivity index is 1.38. The first kappa shape index (κ1) is 19.8. The van der Waals surface area contributed by atoms with E-state index in [4.69, 9.17) is 0 Å². The molecule has 148 valence electrons. The van der Waals surface area contributed by atoms with Crippen LogP contribution in [0, 0.1) is 6.92 Å². The van der Waals surface area contributed by atoms with E-state index in [2.05, 4.69) is 15.1 Å². The molecule has 1 aromatic rings. The molecule has 6 heteroatoms. The van der Waals surface area contributed by atoms with E-state index < -0.39 is 0 Å². The summed E-state index contributed by atoms with van der Waals surface area (Å²) in [6, 6.07) is 7.86. The minimum Gasteiger partial charge on any atom is -0.342 e. The maximum atomic E-state index is 12.5. The number of hydrogen-bond donors (Lipinski definition) is 1. The fourth-order valence-electron chi connectivity index (χ4n) is 3.84. The lowest BCUT2D eigenvalue weighted by Gasteiger charge is -2.35. The molecule has 0 spiro atoms. The Morgan fingerprint density at radius 2 is 1.52 bits per heavy atom. The van der Waals surface area contributed by atoms with Gasteiger partial charge >= 0.3 is 0 Å². The summed E-state index contributed by atoms with van der Waals surface area (Å²) in [6.07, 6.45) is 4.76. The molecule has 0 atom stereocenters. The van der Waals surface area contributed by atoms with E-state index in [9.17, 15) is 9.59 Å². The first-order valence-corrected chi connectivity index (χ1v) is 10.2. The molecule has 0 aromatic heterocycles. The van der Waals surface area contributed by atoms with Crippen LogP contribution in [0.3, 0.4) is 0 Å². The molecule has 2 aliphatic heterocycles. The number of amides is 2. The highest BCUT2D eigenvalue weighted by Gasteiger charge is 2.23. The second kappa shape index (κ2) is 9.85. The predicted molar refractivity (Wildman–Crippen MR) is 108 cm³/mol. The quantitative estimate of drug-likeness (QED) is 0.858. The van der Waals surface area contributed by atoms with Gasteiger partial charge in [-0.2, -0.15) is 0 Å². The minimum atomic E-state index is 0.0229. The Bertz CT molecular complexity index is 633. The fourth-order valence-corrected chi connectivity index (χ4v) is 3.84. The number of nitrogens with one attached hydrogen (secondary N) is 1. The van der Waals surface area contributed by atoms with Crippen LogP contribution in [0.4, 0.5) is 5.69 Å². The Morgan fingerprint density at radius 3 is 2.15 bits per heavy atom. The second-order valence-electron chi connectivity index (χ2n) is 7.76. The number of carbonyl (C=O) groups is 2. The smallest absolute Gasteiger partial charge is 0.238 e. The van der Waals surface area contributed by atoms with Gasteiger partial charge in [0.25, 0.3) is 0 Å². The van der Waals surface area contributed by atoms with Crippen LogP contribution >= 0.6 is 0 Å². The lowest BCUT2D eigenvalue weighted by Crippen LogP contribution is -2.51. The number of aryl methyl sites for hydroxylation is 1. The van der Waals surface area contributed by atoms with Crippen LogP contribution in [0.25, 0.3) is 0 Å². The van der Waals surface area contributed by atoms with Crippen LogP contribution in [0.1, 0.15) is 31.2 Å². The third-order valence-corrected chi connectivity index (χ3v) is 5.45. The topological polar surface area (TPSA) is 55.9 Å². The van der Waals surface area contributed by atoms with E-state index in [0.717, 1.165) is 63.4 Å². The molecule has 2 heterocycles. The van der Waals surface area contributed by atoms with Gasteiger partial charge in [-0.15, -0.1) is 0 Å². The van der Waals surface area contributed by atoms with Gasteiger partial charge in [-0.1, -0.05) is 25.0 Å². The molecule has 0 aliphatic carbocycles. The molecular formula is C21H32N4O2. The summed E-state index contributed by atoms with van der Waals surface area (Å²) in [7, 11) is 0. The van der Waals surface area contributed by atoms with Crippen LogP contribution in [0.2, 0.25) is 0 Å². The fraction of sp³-hybridized carbons (Fsp3) is 0.619. The maximum Gasteiger partial charge on any atom is 0.238 e. The summed E-state index contributed by atoms with van der Waals surface area (Å²) < 4.78 is 0. The summed E-state index contributed by atoms with van der Waals surface area (Å²) in [5.74, 6) is 0.289. The number of anilines is 1. The standard InChI is InChI=1S/C21H32N4O2/c1-18-7-6-8-19(15-18)22-20(26)16-23-11-13-24(14-12-23)17-21(27)25-9-4-2-3-5-10-25/h6-8,15H,2-5,9-14,16-17H2,1H3,(H,22,26). The molecule has 0 saturated carbocycles. The Morgan fingerprint density at radius 1 is 0.889 bits per heavy atom. The lowest BCUT2D eigenvalue weighted by molar-refractivity contribution is -0.133. The van der Waals surface area contributed by atoms with Crippen molar-refractivity contribution in [2.45, 2.75) is 32.6 Å². The molecule has 0 radical (unpaired) electrons. The third kappa shape index (κ3) is 6.33. The van der Waals surface area contributed by atoms with Crippen LogP contribution in [0.15, 0.2) is 24.3 Å². The van der Waals surface area contributed by atoms with Crippen molar-refractivity contribution in [1.82, 2.24) is 14.7 Å². The summed E-state index contributed by atoms with van der Waals surface area (Å²) >= 11 is 0. The highest BCUT2D eigenvalue weighted by Crippen LogP contribution is 2.12. The van der Waals surface area contributed by atoms with Gasteiger partial charge in [0.2, 0.25) is 11.8 Å². The van der Waals surface area contributed by atoms with Crippen molar-refractivity contribution in [3.63, 3.8) is 0 Å². The zero-order valence-corrected chi connectivity index (χ0v) is 16.5. The van der Waals surface area contributed by atoms with Gasteiger partial charge < -0.3 is 10.2 Å².